The van der Waals surface area contributed by atoms with Gasteiger partial charge in [-0.3, -0.25) is 0 Å². The van der Waals surface area contributed by atoms with Gasteiger partial charge in [-0.2, -0.15) is 0 Å². The van der Waals surface area contributed by atoms with E-state index in [1.165, 1.54) is 6.07 Å². The molecule has 0 bridgehead atoms. The van der Waals surface area contributed by atoms with E-state index in [0.29, 0.717) is 6.54 Å². The van der Waals surface area contributed by atoms with Crippen LogP contribution in [0.2, 0.25) is 5.02 Å². The molecule has 2 aromatic rings. The standard InChI is InChI=1S/C14H14ClFN2/c15-12-7-11(5-6-13(12)16)14(18)10-3-1-9(8-17)2-4-10/h1-7,14H,8,17-18H2. The smallest absolute Gasteiger partial charge is 0.141 e. The molecule has 0 aromatic heterocycles. The van der Waals surface area contributed by atoms with Gasteiger partial charge in [0.25, 0.3) is 0 Å². The Balaban J connectivity index is 2.28. The third-order valence-corrected chi connectivity index (χ3v) is 3.17. The lowest BCUT2D eigenvalue weighted by atomic mass is 9.98. The van der Waals surface area contributed by atoms with Gasteiger partial charge in [-0.05, 0) is 28.8 Å². The lowest BCUT2D eigenvalue weighted by molar-refractivity contribution is 0.627. The Kier molecular flexibility index (Phi) is 3.97. The average Bonchev–Trinajstić information content (AvgIpc) is 2.41. The summed E-state index contributed by atoms with van der Waals surface area (Å²) in [6.07, 6.45) is 0. The first kappa shape index (κ1) is 13.0. The van der Waals surface area contributed by atoms with Crippen LogP contribution in [0.15, 0.2) is 42.5 Å². The fourth-order valence-electron chi connectivity index (χ4n) is 1.76. The highest BCUT2D eigenvalue weighted by Gasteiger charge is 2.10. The summed E-state index contributed by atoms with van der Waals surface area (Å²) in [7, 11) is 0. The molecule has 4 heteroatoms. The SMILES string of the molecule is NCc1ccc(C(N)c2ccc(F)c(Cl)c2)cc1. The van der Waals surface area contributed by atoms with Crippen LogP contribution in [0.25, 0.3) is 0 Å². The number of nitrogens with two attached hydrogens (primary N) is 2. The number of halogens is 2. The number of hydrogen-bond donors (Lipinski definition) is 2. The number of hydrogen-bond acceptors (Lipinski definition) is 2. The van der Waals surface area contributed by atoms with E-state index in [9.17, 15) is 4.39 Å². The van der Waals surface area contributed by atoms with Crippen molar-refractivity contribution in [2.75, 3.05) is 0 Å². The molecular formula is C14H14ClFN2. The topological polar surface area (TPSA) is 52.0 Å². The molecule has 0 aliphatic carbocycles. The van der Waals surface area contributed by atoms with Gasteiger partial charge in [-0.1, -0.05) is 41.9 Å². The summed E-state index contributed by atoms with van der Waals surface area (Å²) in [5, 5.41) is 0.0847. The van der Waals surface area contributed by atoms with E-state index in [2.05, 4.69) is 0 Å². The van der Waals surface area contributed by atoms with Gasteiger partial charge in [-0.15, -0.1) is 0 Å². The molecular weight excluding hydrogens is 251 g/mol. The van der Waals surface area contributed by atoms with Crippen LogP contribution in [-0.4, -0.2) is 0 Å². The molecule has 0 aliphatic rings. The van der Waals surface area contributed by atoms with Crippen LogP contribution in [0.4, 0.5) is 4.39 Å². The molecule has 2 rings (SSSR count). The van der Waals surface area contributed by atoms with Crippen LogP contribution in [0.5, 0.6) is 0 Å². The highest BCUT2D eigenvalue weighted by molar-refractivity contribution is 6.30. The molecule has 0 fully saturated rings. The summed E-state index contributed by atoms with van der Waals surface area (Å²) in [5.74, 6) is -0.439. The number of benzene rings is 2. The zero-order valence-electron chi connectivity index (χ0n) is 9.74. The zero-order chi connectivity index (χ0) is 13.1. The molecule has 0 saturated carbocycles. The van der Waals surface area contributed by atoms with Crippen LogP contribution in [0, 0.1) is 5.82 Å². The van der Waals surface area contributed by atoms with Crippen molar-refractivity contribution in [3.63, 3.8) is 0 Å². The minimum atomic E-state index is -0.439. The molecule has 2 aromatic carbocycles. The average molecular weight is 265 g/mol. The van der Waals surface area contributed by atoms with Gasteiger partial charge in [0.15, 0.2) is 0 Å². The highest BCUT2D eigenvalue weighted by atomic mass is 35.5. The van der Waals surface area contributed by atoms with Gasteiger partial charge >= 0.3 is 0 Å². The van der Waals surface area contributed by atoms with Gasteiger partial charge in [-0.25, -0.2) is 4.39 Å². The minimum Gasteiger partial charge on any atom is -0.326 e. The molecule has 0 saturated heterocycles. The fourth-order valence-corrected chi connectivity index (χ4v) is 1.95. The molecule has 0 spiro atoms. The van der Waals surface area contributed by atoms with Crippen molar-refractivity contribution in [1.29, 1.82) is 0 Å². The van der Waals surface area contributed by atoms with E-state index in [1.807, 2.05) is 24.3 Å². The molecule has 4 N–H and O–H groups in total. The monoisotopic (exact) mass is 264 g/mol. The first-order chi connectivity index (χ1) is 8.61. The highest BCUT2D eigenvalue weighted by Crippen LogP contribution is 2.24. The van der Waals surface area contributed by atoms with E-state index >= 15 is 0 Å². The van der Waals surface area contributed by atoms with Crippen LogP contribution in [0.1, 0.15) is 22.7 Å². The molecule has 2 nitrogen and oxygen atoms in total. The molecule has 0 aliphatic heterocycles. The molecule has 0 amide bonds. The Morgan fingerprint density at radius 1 is 1.06 bits per heavy atom. The van der Waals surface area contributed by atoms with Gasteiger partial charge < -0.3 is 11.5 Å². The van der Waals surface area contributed by atoms with Crippen LogP contribution in [0.3, 0.4) is 0 Å². The van der Waals surface area contributed by atoms with Gasteiger partial charge in [0.1, 0.15) is 5.82 Å². The number of rotatable bonds is 3. The van der Waals surface area contributed by atoms with E-state index in [-0.39, 0.29) is 11.1 Å². The largest absolute Gasteiger partial charge is 0.326 e. The van der Waals surface area contributed by atoms with E-state index in [0.717, 1.165) is 16.7 Å². The molecule has 18 heavy (non-hydrogen) atoms. The summed E-state index contributed by atoms with van der Waals surface area (Å²) in [4.78, 5) is 0. The van der Waals surface area contributed by atoms with Crippen molar-refractivity contribution in [2.24, 2.45) is 11.5 Å². The Morgan fingerprint density at radius 2 is 1.67 bits per heavy atom. The molecule has 0 radical (unpaired) electrons. The predicted molar refractivity (Wildman–Crippen MR) is 71.8 cm³/mol. The van der Waals surface area contributed by atoms with Crippen molar-refractivity contribution in [2.45, 2.75) is 12.6 Å². The van der Waals surface area contributed by atoms with Crippen LogP contribution >= 0.6 is 11.6 Å². The second kappa shape index (κ2) is 5.48. The summed E-state index contributed by atoms with van der Waals surface area (Å²) in [5.41, 5.74) is 14.4. The summed E-state index contributed by atoms with van der Waals surface area (Å²) < 4.78 is 13.1. The van der Waals surface area contributed by atoms with Gasteiger partial charge in [0, 0.05) is 6.54 Å². The third kappa shape index (κ3) is 2.70. The van der Waals surface area contributed by atoms with Crippen molar-refractivity contribution >= 4 is 11.6 Å². The van der Waals surface area contributed by atoms with Crippen LogP contribution in [-0.2, 0) is 6.54 Å². The lowest BCUT2D eigenvalue weighted by Crippen LogP contribution is -2.12. The quantitative estimate of drug-likeness (QED) is 0.895. The molecule has 94 valence electrons. The Labute approximate surface area is 110 Å². The lowest BCUT2D eigenvalue weighted by Gasteiger charge is -2.13. The van der Waals surface area contributed by atoms with E-state index in [4.69, 9.17) is 23.1 Å². The van der Waals surface area contributed by atoms with Gasteiger partial charge in [0.05, 0.1) is 11.1 Å². The van der Waals surface area contributed by atoms with Crippen molar-refractivity contribution < 1.29 is 4.39 Å². The van der Waals surface area contributed by atoms with Gasteiger partial charge in [0.2, 0.25) is 0 Å². The molecule has 1 atom stereocenters. The van der Waals surface area contributed by atoms with Crippen LogP contribution < -0.4 is 11.5 Å². The third-order valence-electron chi connectivity index (χ3n) is 2.88. The minimum absolute atomic E-state index is 0.0847. The van der Waals surface area contributed by atoms with E-state index in [1.54, 1.807) is 12.1 Å². The van der Waals surface area contributed by atoms with Crippen molar-refractivity contribution in [3.8, 4) is 0 Å². The first-order valence-corrected chi connectivity index (χ1v) is 5.99. The maximum absolute atomic E-state index is 13.1. The maximum atomic E-state index is 13.1. The zero-order valence-corrected chi connectivity index (χ0v) is 10.5. The second-order valence-electron chi connectivity index (χ2n) is 4.10. The Morgan fingerprint density at radius 3 is 2.22 bits per heavy atom. The normalized spacial score (nSPS) is 12.4. The molecule has 1 unspecified atom stereocenters. The Hall–Kier alpha value is -1.42. The summed E-state index contributed by atoms with van der Waals surface area (Å²) in [6, 6.07) is 11.9. The molecule has 0 heterocycles. The maximum Gasteiger partial charge on any atom is 0.141 e. The predicted octanol–water partition coefficient (Wildman–Crippen LogP) is 2.99. The first-order valence-electron chi connectivity index (χ1n) is 5.61. The van der Waals surface area contributed by atoms with E-state index < -0.39 is 5.82 Å². The van der Waals surface area contributed by atoms with Crippen molar-refractivity contribution in [1.82, 2.24) is 0 Å². The fraction of sp³-hybridized carbons (Fsp3) is 0.143. The second-order valence-corrected chi connectivity index (χ2v) is 4.50. The summed E-state index contributed by atoms with van der Waals surface area (Å²) in [6.45, 7) is 0.498. The van der Waals surface area contributed by atoms with Crippen molar-refractivity contribution in [3.05, 3.63) is 70.0 Å². The summed E-state index contributed by atoms with van der Waals surface area (Å²) >= 11 is 5.75. The Bertz CT molecular complexity index is 540.